The van der Waals surface area contributed by atoms with Crippen molar-refractivity contribution in [2.45, 2.75) is 276 Å². The van der Waals surface area contributed by atoms with Crippen molar-refractivity contribution in [3.8, 4) is 0 Å². The Morgan fingerprint density at radius 2 is 0.825 bits per heavy atom. The molecule has 2 unspecified atom stereocenters. The Bertz CT molecular complexity index is 889. The van der Waals surface area contributed by atoms with E-state index in [1.54, 1.807) is 0 Å². The van der Waals surface area contributed by atoms with Gasteiger partial charge in [0, 0.05) is 12.8 Å². The predicted molar refractivity (Wildman–Crippen MR) is 246 cm³/mol. The van der Waals surface area contributed by atoms with Gasteiger partial charge < -0.3 is 20.3 Å². The first-order valence-corrected chi connectivity index (χ1v) is 25.1. The summed E-state index contributed by atoms with van der Waals surface area (Å²) in [5.41, 5.74) is 0. The van der Waals surface area contributed by atoms with Crippen molar-refractivity contribution in [2.75, 3.05) is 13.2 Å². The Morgan fingerprint density at radius 1 is 0.474 bits per heavy atom. The largest absolute Gasteiger partial charge is 0.466 e. The molecule has 0 saturated heterocycles. The fourth-order valence-electron chi connectivity index (χ4n) is 7.57. The van der Waals surface area contributed by atoms with Gasteiger partial charge in [0.2, 0.25) is 5.91 Å². The zero-order valence-corrected chi connectivity index (χ0v) is 38.1. The summed E-state index contributed by atoms with van der Waals surface area (Å²) in [5.74, 6) is -0.104. The van der Waals surface area contributed by atoms with Crippen LogP contribution in [-0.4, -0.2) is 47.4 Å². The second kappa shape index (κ2) is 47.0. The zero-order chi connectivity index (χ0) is 41.5. The lowest BCUT2D eigenvalue weighted by Crippen LogP contribution is -2.45. The molecule has 0 saturated carbocycles. The smallest absolute Gasteiger partial charge is 0.305 e. The fraction of sp³-hybridized carbons (Fsp3) is 0.882. The molecule has 336 valence electrons. The average molecular weight is 804 g/mol. The van der Waals surface area contributed by atoms with Gasteiger partial charge in [-0.25, -0.2) is 0 Å². The van der Waals surface area contributed by atoms with Gasteiger partial charge in [0.15, 0.2) is 0 Å². The quantitative estimate of drug-likeness (QED) is 0.0324. The molecule has 0 aromatic heterocycles. The van der Waals surface area contributed by atoms with Gasteiger partial charge in [-0.15, -0.1) is 0 Å². The molecule has 0 spiro atoms. The van der Waals surface area contributed by atoms with E-state index in [9.17, 15) is 19.8 Å². The van der Waals surface area contributed by atoms with Crippen molar-refractivity contribution in [1.82, 2.24) is 5.32 Å². The summed E-state index contributed by atoms with van der Waals surface area (Å²) >= 11 is 0. The van der Waals surface area contributed by atoms with Crippen molar-refractivity contribution in [2.24, 2.45) is 0 Å². The minimum atomic E-state index is -0.681. The highest BCUT2D eigenvalue weighted by Gasteiger charge is 2.20. The summed E-state index contributed by atoms with van der Waals surface area (Å²) < 4.78 is 5.43. The van der Waals surface area contributed by atoms with Gasteiger partial charge in [0.25, 0.3) is 0 Å². The maximum Gasteiger partial charge on any atom is 0.305 e. The van der Waals surface area contributed by atoms with Gasteiger partial charge in [-0.1, -0.05) is 199 Å². The highest BCUT2D eigenvalue weighted by Crippen LogP contribution is 2.15. The van der Waals surface area contributed by atoms with Gasteiger partial charge >= 0.3 is 5.97 Å². The Hall–Kier alpha value is -1.66. The van der Waals surface area contributed by atoms with Gasteiger partial charge in [0.1, 0.15) is 0 Å². The summed E-state index contributed by atoms with van der Waals surface area (Å²) in [7, 11) is 0. The molecular formula is C51H97NO5. The van der Waals surface area contributed by atoms with E-state index in [0.29, 0.717) is 25.9 Å². The van der Waals surface area contributed by atoms with Crippen LogP contribution in [0.25, 0.3) is 0 Å². The number of hydrogen-bond donors (Lipinski definition) is 3. The van der Waals surface area contributed by atoms with E-state index >= 15 is 0 Å². The van der Waals surface area contributed by atoms with Crippen LogP contribution in [0.1, 0.15) is 264 Å². The van der Waals surface area contributed by atoms with Crippen LogP contribution in [0.15, 0.2) is 24.3 Å². The van der Waals surface area contributed by atoms with Crippen molar-refractivity contribution < 1.29 is 24.5 Å². The molecule has 0 rings (SSSR count). The first-order chi connectivity index (χ1) is 28.0. The number of hydrogen-bond acceptors (Lipinski definition) is 5. The first kappa shape index (κ1) is 55.3. The molecule has 0 aromatic rings. The van der Waals surface area contributed by atoms with E-state index in [1.807, 2.05) is 0 Å². The molecule has 0 heterocycles. The maximum atomic E-state index is 12.4. The van der Waals surface area contributed by atoms with E-state index in [1.165, 1.54) is 148 Å². The first-order valence-electron chi connectivity index (χ1n) is 25.1. The van der Waals surface area contributed by atoms with Crippen LogP contribution in [0.5, 0.6) is 0 Å². The molecule has 0 aliphatic rings. The molecular weight excluding hydrogens is 707 g/mol. The zero-order valence-electron chi connectivity index (χ0n) is 38.1. The van der Waals surface area contributed by atoms with Crippen molar-refractivity contribution in [1.29, 1.82) is 0 Å². The lowest BCUT2D eigenvalue weighted by molar-refractivity contribution is -0.143. The Labute approximate surface area is 354 Å². The molecule has 0 radical (unpaired) electrons. The van der Waals surface area contributed by atoms with E-state index in [2.05, 4.69) is 43.5 Å². The average Bonchev–Trinajstić information content (AvgIpc) is 3.21. The van der Waals surface area contributed by atoms with Crippen molar-refractivity contribution in [3.63, 3.8) is 0 Å². The van der Waals surface area contributed by atoms with Crippen LogP contribution in [0, 0.1) is 0 Å². The fourth-order valence-corrected chi connectivity index (χ4v) is 7.57. The van der Waals surface area contributed by atoms with Crippen LogP contribution in [0.3, 0.4) is 0 Å². The molecule has 6 heteroatoms. The Morgan fingerprint density at radius 3 is 1.25 bits per heavy atom. The monoisotopic (exact) mass is 804 g/mol. The predicted octanol–water partition coefficient (Wildman–Crippen LogP) is 14.7. The third-order valence-corrected chi connectivity index (χ3v) is 11.5. The van der Waals surface area contributed by atoms with Gasteiger partial charge in [0.05, 0.1) is 25.4 Å². The molecule has 57 heavy (non-hydrogen) atoms. The van der Waals surface area contributed by atoms with Gasteiger partial charge in [-0.05, 0) is 77.0 Å². The Balaban J connectivity index is 3.52. The topological polar surface area (TPSA) is 95.9 Å². The van der Waals surface area contributed by atoms with Crippen molar-refractivity contribution in [3.05, 3.63) is 24.3 Å². The number of rotatable bonds is 46. The molecule has 0 bridgehead atoms. The number of carbonyl (C=O) groups is 2. The van der Waals surface area contributed by atoms with E-state index in [-0.39, 0.29) is 18.5 Å². The van der Waals surface area contributed by atoms with Crippen LogP contribution < -0.4 is 5.32 Å². The van der Waals surface area contributed by atoms with Crippen LogP contribution in [0.2, 0.25) is 0 Å². The van der Waals surface area contributed by atoms with Gasteiger partial charge in [-0.2, -0.15) is 0 Å². The maximum absolute atomic E-state index is 12.4. The number of aliphatic hydroxyl groups excluding tert-OH is 2. The summed E-state index contributed by atoms with van der Waals surface area (Å²) in [5, 5.41) is 23.1. The second-order valence-electron chi connectivity index (χ2n) is 17.1. The third kappa shape index (κ3) is 43.7. The van der Waals surface area contributed by atoms with Crippen molar-refractivity contribution >= 4 is 11.9 Å². The molecule has 6 nitrogen and oxygen atoms in total. The SMILES string of the molecule is CCCCCCCCC/C=C\CCCCCCCC(=O)OCCCC/C=C\CCCCCCCC(=O)NC(CO)C(O)CCCCCCCCCCCCCCC. The number of allylic oxidation sites excluding steroid dienone is 4. The number of nitrogens with one attached hydrogen (secondary N) is 1. The molecule has 0 aliphatic heterocycles. The lowest BCUT2D eigenvalue weighted by atomic mass is 10.0. The molecule has 2 atom stereocenters. The number of ether oxygens (including phenoxy) is 1. The molecule has 0 aliphatic carbocycles. The number of unbranched alkanes of at least 4 members (excludes halogenated alkanes) is 31. The highest BCUT2D eigenvalue weighted by atomic mass is 16.5. The number of carbonyl (C=O) groups excluding carboxylic acids is 2. The standard InChI is InChI=1S/C51H97NO5/c1-3-5-7-9-11-13-15-17-18-19-21-25-29-33-37-41-45-51(56)57-46-42-38-34-30-26-22-24-28-32-36-40-44-50(55)52-48(47-53)49(54)43-39-35-31-27-23-20-16-14-12-10-8-6-4-2/h18-19,26,30,48-49,53-54H,3-17,20-25,27-29,31-47H2,1-2H3,(H,52,55)/b19-18-,30-26-. The molecule has 3 N–H and O–H groups in total. The van der Waals surface area contributed by atoms with Crippen LogP contribution in [0.4, 0.5) is 0 Å². The lowest BCUT2D eigenvalue weighted by Gasteiger charge is -2.22. The molecule has 0 aromatic carbocycles. The van der Waals surface area contributed by atoms with E-state index in [0.717, 1.165) is 83.5 Å². The van der Waals surface area contributed by atoms with E-state index in [4.69, 9.17) is 4.74 Å². The third-order valence-electron chi connectivity index (χ3n) is 11.5. The number of aliphatic hydroxyl groups is 2. The highest BCUT2D eigenvalue weighted by molar-refractivity contribution is 5.76. The summed E-state index contributed by atoms with van der Waals surface area (Å²) in [6.07, 6.45) is 54.3. The summed E-state index contributed by atoms with van der Waals surface area (Å²) in [4.78, 5) is 24.4. The molecule has 1 amide bonds. The number of amides is 1. The number of esters is 1. The normalized spacial score (nSPS) is 12.8. The second-order valence-corrected chi connectivity index (χ2v) is 17.1. The van der Waals surface area contributed by atoms with Gasteiger partial charge in [-0.3, -0.25) is 9.59 Å². The summed E-state index contributed by atoms with van der Waals surface area (Å²) in [6.45, 7) is 4.86. The van der Waals surface area contributed by atoms with Crippen LogP contribution >= 0.6 is 0 Å². The minimum Gasteiger partial charge on any atom is -0.466 e. The van der Waals surface area contributed by atoms with Crippen LogP contribution in [-0.2, 0) is 14.3 Å². The minimum absolute atomic E-state index is 0.0389. The Kier molecular flexibility index (Phi) is 45.7. The summed E-state index contributed by atoms with van der Waals surface area (Å²) in [6, 6.07) is -0.562. The van der Waals surface area contributed by atoms with E-state index < -0.39 is 12.1 Å². The molecule has 0 fully saturated rings.